The zero-order chi connectivity index (χ0) is 14.6. The molecular formula is C15H23NO3S. The number of nitrogens with zero attached hydrogens (tertiary/aromatic N) is 1. The Morgan fingerprint density at radius 2 is 1.90 bits per heavy atom. The molecule has 1 N–H and O–H groups in total. The van der Waals surface area contributed by atoms with Crippen LogP contribution in [-0.2, 0) is 9.84 Å². The topological polar surface area (TPSA) is 57.6 Å². The summed E-state index contributed by atoms with van der Waals surface area (Å²) in [6, 6.07) is 7.90. The van der Waals surface area contributed by atoms with Gasteiger partial charge in [0.15, 0.2) is 9.84 Å². The summed E-state index contributed by atoms with van der Waals surface area (Å²) >= 11 is 0. The average Bonchev–Trinajstić information content (AvgIpc) is 2.58. The molecule has 0 amide bonds. The van der Waals surface area contributed by atoms with Crippen LogP contribution in [0.1, 0.15) is 30.1 Å². The maximum atomic E-state index is 11.5. The van der Waals surface area contributed by atoms with Crippen molar-refractivity contribution in [3.8, 4) is 0 Å². The number of aryl methyl sites for hydroxylation is 1. The lowest BCUT2D eigenvalue weighted by Crippen LogP contribution is -2.29. The summed E-state index contributed by atoms with van der Waals surface area (Å²) in [6.45, 7) is 4.15. The summed E-state index contributed by atoms with van der Waals surface area (Å²) < 4.78 is 23.1. The van der Waals surface area contributed by atoms with Crippen LogP contribution in [0.5, 0.6) is 0 Å². The van der Waals surface area contributed by atoms with Gasteiger partial charge in [-0.15, -0.1) is 0 Å². The number of benzene rings is 1. The summed E-state index contributed by atoms with van der Waals surface area (Å²) in [6.07, 6.45) is 0.863. The second-order valence-corrected chi connectivity index (χ2v) is 7.87. The van der Waals surface area contributed by atoms with Gasteiger partial charge in [0.25, 0.3) is 0 Å². The van der Waals surface area contributed by atoms with Gasteiger partial charge in [0, 0.05) is 13.1 Å². The highest BCUT2D eigenvalue weighted by molar-refractivity contribution is 7.91. The van der Waals surface area contributed by atoms with Gasteiger partial charge in [0.2, 0.25) is 0 Å². The molecule has 0 radical (unpaired) electrons. The molecule has 0 bridgehead atoms. The van der Waals surface area contributed by atoms with E-state index in [1.165, 1.54) is 5.56 Å². The molecule has 0 spiro atoms. The number of hydrogen-bond donors (Lipinski definition) is 1. The van der Waals surface area contributed by atoms with Crippen molar-refractivity contribution in [1.82, 2.24) is 4.90 Å². The molecule has 2 rings (SSSR count). The first-order valence-corrected chi connectivity index (χ1v) is 8.96. The van der Waals surface area contributed by atoms with E-state index in [-0.39, 0.29) is 5.75 Å². The smallest absolute Gasteiger partial charge is 0.151 e. The Labute approximate surface area is 121 Å². The molecule has 112 valence electrons. The predicted molar refractivity (Wildman–Crippen MR) is 80.5 cm³/mol. The van der Waals surface area contributed by atoms with E-state index in [2.05, 4.69) is 4.90 Å². The summed E-state index contributed by atoms with van der Waals surface area (Å²) in [4.78, 5) is 2.14. The highest BCUT2D eigenvalue weighted by atomic mass is 32.2. The molecule has 1 aliphatic rings. The van der Waals surface area contributed by atoms with Gasteiger partial charge >= 0.3 is 0 Å². The largest absolute Gasteiger partial charge is 0.388 e. The molecule has 1 fully saturated rings. The van der Waals surface area contributed by atoms with Gasteiger partial charge in [-0.1, -0.05) is 29.8 Å². The van der Waals surface area contributed by atoms with E-state index >= 15 is 0 Å². The Morgan fingerprint density at radius 3 is 2.60 bits per heavy atom. The van der Waals surface area contributed by atoms with Crippen LogP contribution in [0.25, 0.3) is 0 Å². The maximum absolute atomic E-state index is 11.5. The highest BCUT2D eigenvalue weighted by Gasteiger charge is 2.19. The number of sulfone groups is 1. The van der Waals surface area contributed by atoms with E-state index in [0.29, 0.717) is 25.1 Å². The lowest BCUT2D eigenvalue weighted by atomic mass is 10.0. The van der Waals surface area contributed by atoms with Crippen LogP contribution in [0.4, 0.5) is 0 Å². The molecule has 1 aliphatic heterocycles. The SMILES string of the molecule is Cc1ccc(C(O)CCN2CCCS(=O)(=O)CC2)cc1. The van der Waals surface area contributed by atoms with Gasteiger partial charge in [-0.25, -0.2) is 8.42 Å². The fourth-order valence-electron chi connectivity index (χ4n) is 2.47. The van der Waals surface area contributed by atoms with Crippen LogP contribution in [-0.4, -0.2) is 49.6 Å². The lowest BCUT2D eigenvalue weighted by Gasteiger charge is -2.21. The Hall–Kier alpha value is -0.910. The first-order valence-electron chi connectivity index (χ1n) is 7.14. The molecule has 1 aromatic rings. The normalized spacial score (nSPS) is 21.3. The van der Waals surface area contributed by atoms with Gasteiger partial charge in [-0.3, -0.25) is 0 Å². The standard InChI is InChI=1S/C15H23NO3S/c1-13-3-5-14(6-4-13)15(17)7-9-16-8-2-11-20(18,19)12-10-16/h3-6,15,17H,2,7-12H2,1H3. The molecule has 1 unspecified atom stereocenters. The second-order valence-electron chi connectivity index (χ2n) is 5.56. The first kappa shape index (κ1) is 15.5. The number of aliphatic hydroxyl groups excluding tert-OH is 1. The third kappa shape index (κ3) is 4.58. The summed E-state index contributed by atoms with van der Waals surface area (Å²) in [5.41, 5.74) is 2.11. The Morgan fingerprint density at radius 1 is 1.20 bits per heavy atom. The van der Waals surface area contributed by atoms with Crippen molar-refractivity contribution in [2.45, 2.75) is 25.9 Å². The molecule has 1 saturated heterocycles. The molecule has 5 heteroatoms. The Bertz CT molecular complexity index is 525. The van der Waals surface area contributed by atoms with Crippen molar-refractivity contribution in [3.63, 3.8) is 0 Å². The third-order valence-electron chi connectivity index (χ3n) is 3.83. The van der Waals surface area contributed by atoms with Crippen LogP contribution in [0.2, 0.25) is 0 Å². The lowest BCUT2D eigenvalue weighted by molar-refractivity contribution is 0.144. The third-order valence-corrected chi connectivity index (χ3v) is 5.54. The maximum Gasteiger partial charge on any atom is 0.151 e. The van der Waals surface area contributed by atoms with Gasteiger partial charge in [0.05, 0.1) is 17.6 Å². The van der Waals surface area contributed by atoms with Crippen molar-refractivity contribution in [2.24, 2.45) is 0 Å². The van der Waals surface area contributed by atoms with Crippen molar-refractivity contribution < 1.29 is 13.5 Å². The van der Waals surface area contributed by atoms with E-state index in [0.717, 1.165) is 18.7 Å². The molecule has 20 heavy (non-hydrogen) atoms. The van der Waals surface area contributed by atoms with Crippen LogP contribution in [0.3, 0.4) is 0 Å². The monoisotopic (exact) mass is 297 g/mol. The van der Waals surface area contributed by atoms with Crippen LogP contribution in [0, 0.1) is 6.92 Å². The molecule has 0 aromatic heterocycles. The van der Waals surface area contributed by atoms with Crippen molar-refractivity contribution in [1.29, 1.82) is 0 Å². The zero-order valence-corrected chi connectivity index (χ0v) is 12.8. The molecule has 0 saturated carbocycles. The zero-order valence-electron chi connectivity index (χ0n) is 12.0. The van der Waals surface area contributed by atoms with Crippen LogP contribution in [0.15, 0.2) is 24.3 Å². The average molecular weight is 297 g/mol. The minimum Gasteiger partial charge on any atom is -0.388 e. The highest BCUT2D eigenvalue weighted by Crippen LogP contribution is 2.18. The Balaban J connectivity index is 1.84. The quantitative estimate of drug-likeness (QED) is 0.916. The molecule has 0 aliphatic carbocycles. The first-order chi connectivity index (χ1) is 9.46. The predicted octanol–water partition coefficient (Wildman–Crippen LogP) is 1.54. The van der Waals surface area contributed by atoms with Crippen molar-refractivity contribution >= 4 is 9.84 Å². The van der Waals surface area contributed by atoms with Gasteiger partial charge in [-0.05, 0) is 31.9 Å². The van der Waals surface area contributed by atoms with Crippen molar-refractivity contribution in [2.75, 3.05) is 31.1 Å². The van der Waals surface area contributed by atoms with Gasteiger partial charge < -0.3 is 10.0 Å². The number of aliphatic hydroxyl groups is 1. The van der Waals surface area contributed by atoms with E-state index in [1.54, 1.807) is 0 Å². The minimum absolute atomic E-state index is 0.244. The number of rotatable bonds is 4. The summed E-state index contributed by atoms with van der Waals surface area (Å²) in [7, 11) is -2.85. The molecule has 1 aromatic carbocycles. The van der Waals surface area contributed by atoms with E-state index in [9.17, 15) is 13.5 Å². The van der Waals surface area contributed by atoms with Gasteiger partial charge in [0.1, 0.15) is 0 Å². The van der Waals surface area contributed by atoms with Gasteiger partial charge in [-0.2, -0.15) is 0 Å². The van der Waals surface area contributed by atoms with E-state index in [1.807, 2.05) is 31.2 Å². The molecule has 1 heterocycles. The van der Waals surface area contributed by atoms with Crippen LogP contribution < -0.4 is 0 Å². The Kier molecular flexibility index (Phi) is 5.18. The van der Waals surface area contributed by atoms with Crippen molar-refractivity contribution in [3.05, 3.63) is 35.4 Å². The molecule has 4 nitrogen and oxygen atoms in total. The van der Waals surface area contributed by atoms with E-state index < -0.39 is 15.9 Å². The molecule has 1 atom stereocenters. The van der Waals surface area contributed by atoms with Crippen LogP contribution >= 0.6 is 0 Å². The molecular weight excluding hydrogens is 274 g/mol. The fraction of sp³-hybridized carbons (Fsp3) is 0.600. The summed E-state index contributed by atoms with van der Waals surface area (Å²) in [5, 5.41) is 10.2. The summed E-state index contributed by atoms with van der Waals surface area (Å²) in [5.74, 6) is 0.539. The number of hydrogen-bond acceptors (Lipinski definition) is 4. The van der Waals surface area contributed by atoms with E-state index in [4.69, 9.17) is 0 Å². The second kappa shape index (κ2) is 6.70. The fourth-order valence-corrected chi connectivity index (χ4v) is 3.78. The minimum atomic E-state index is -2.85.